The van der Waals surface area contributed by atoms with Gasteiger partial charge < -0.3 is 15.5 Å². The van der Waals surface area contributed by atoms with Crippen LogP contribution in [0, 0.1) is 5.41 Å². The Kier molecular flexibility index (Phi) is 12.4. The van der Waals surface area contributed by atoms with Crippen LogP contribution in [0.1, 0.15) is 78.4 Å². The van der Waals surface area contributed by atoms with Crippen molar-refractivity contribution in [3.63, 3.8) is 0 Å². The molecule has 0 aromatic heterocycles. The lowest BCUT2D eigenvalue weighted by molar-refractivity contribution is -0.186. The molecule has 0 amide bonds. The highest BCUT2D eigenvalue weighted by Gasteiger charge is 2.53. The molecule has 1 rings (SSSR count). The number of halogens is 3. The van der Waals surface area contributed by atoms with Gasteiger partial charge in [-0.1, -0.05) is 64.8 Å². The number of nitrogens with one attached hydrogen (secondary N) is 2. The largest absolute Gasteiger partial charge is 0.431 e. The van der Waals surface area contributed by atoms with Crippen molar-refractivity contribution in [3.8, 4) is 0 Å². The molecule has 0 saturated carbocycles. The number of hydrogen-bond donors (Lipinski definition) is 3. The van der Waals surface area contributed by atoms with E-state index in [9.17, 15) is 13.2 Å². The van der Waals surface area contributed by atoms with Crippen LogP contribution in [0.3, 0.4) is 0 Å². The van der Waals surface area contributed by atoms with E-state index in [1.165, 1.54) is 12.1 Å². The summed E-state index contributed by atoms with van der Waals surface area (Å²) in [6, 6.07) is 6.06. The van der Waals surface area contributed by atoms with E-state index >= 15 is 0 Å². The third-order valence-electron chi connectivity index (χ3n) is 6.98. The second kappa shape index (κ2) is 13.7. The first kappa shape index (κ1) is 31.5. The maximum atomic E-state index is 13.3. The molecule has 0 fully saturated rings. The van der Waals surface area contributed by atoms with Crippen LogP contribution in [-0.2, 0) is 12.2 Å². The van der Waals surface area contributed by atoms with E-state index in [2.05, 4.69) is 68.8 Å². The fourth-order valence-electron chi connectivity index (χ4n) is 3.93. The molecule has 35 heavy (non-hydrogen) atoms. The quantitative estimate of drug-likeness (QED) is 0.197. The summed E-state index contributed by atoms with van der Waals surface area (Å²) in [4.78, 5) is 5.64. The second-order valence-corrected chi connectivity index (χ2v) is 11.0. The van der Waals surface area contributed by atoms with E-state index in [1.807, 2.05) is 0 Å². The summed E-state index contributed by atoms with van der Waals surface area (Å²) < 4.78 is 39.9. The highest BCUT2D eigenvalue weighted by Crippen LogP contribution is 2.37. The van der Waals surface area contributed by atoms with Crippen LogP contribution in [0.2, 0.25) is 0 Å². The summed E-state index contributed by atoms with van der Waals surface area (Å²) in [5.74, 6) is 0. The van der Waals surface area contributed by atoms with Gasteiger partial charge in [0.2, 0.25) is 5.66 Å². The van der Waals surface area contributed by atoms with Crippen molar-refractivity contribution in [3.05, 3.63) is 35.4 Å². The summed E-state index contributed by atoms with van der Waals surface area (Å²) in [5, 5.41) is 7.11. The zero-order valence-electron chi connectivity index (χ0n) is 22.7. The zero-order valence-corrected chi connectivity index (χ0v) is 22.7. The highest BCUT2D eigenvalue weighted by atomic mass is 19.4. The molecule has 1 unspecified atom stereocenters. The van der Waals surface area contributed by atoms with Gasteiger partial charge in [-0.15, -0.1) is 0 Å². The highest BCUT2D eigenvalue weighted by molar-refractivity contribution is 5.35. The van der Waals surface area contributed by atoms with Crippen molar-refractivity contribution in [2.24, 2.45) is 16.1 Å². The maximum Gasteiger partial charge on any atom is 0.431 e. The Morgan fingerprint density at radius 1 is 0.943 bits per heavy atom. The van der Waals surface area contributed by atoms with E-state index < -0.39 is 11.8 Å². The van der Waals surface area contributed by atoms with Crippen LogP contribution >= 0.6 is 0 Å². The molecule has 1 aromatic carbocycles. The molecule has 4 N–H and O–H groups in total. The standard InChI is InChI=1S/C27H48F3N5/c1-8-14-25(5,6)34-17-20-35(18-15-24(3,4)9-2)19-16-33-21-22-10-12-23(13-11-22)26(31,32-7)27(28,29)30/h10-13,33-34H,7-9,14-21,31H2,1-6H3. The van der Waals surface area contributed by atoms with Crippen LogP contribution in [-0.4, -0.2) is 56.1 Å². The van der Waals surface area contributed by atoms with Gasteiger partial charge in [-0.2, -0.15) is 13.2 Å². The smallest absolute Gasteiger partial charge is 0.311 e. The molecule has 1 atom stereocenters. The molecule has 8 heteroatoms. The Hall–Kier alpha value is -1.48. The molecule has 0 spiro atoms. The number of rotatable bonds is 17. The molecule has 1 aromatic rings. The van der Waals surface area contributed by atoms with Crippen molar-refractivity contribution in [1.29, 1.82) is 0 Å². The van der Waals surface area contributed by atoms with Gasteiger partial charge in [0, 0.05) is 43.8 Å². The summed E-state index contributed by atoms with van der Waals surface area (Å²) >= 11 is 0. The fraction of sp³-hybridized carbons (Fsp3) is 0.741. The lowest BCUT2D eigenvalue weighted by Crippen LogP contribution is -2.48. The lowest BCUT2D eigenvalue weighted by atomic mass is 9.86. The zero-order chi connectivity index (χ0) is 26.8. The van der Waals surface area contributed by atoms with Crippen molar-refractivity contribution in [1.82, 2.24) is 15.5 Å². The predicted molar refractivity (Wildman–Crippen MR) is 142 cm³/mol. The number of alkyl halides is 3. The first-order chi connectivity index (χ1) is 16.2. The monoisotopic (exact) mass is 499 g/mol. The molecular weight excluding hydrogens is 451 g/mol. The van der Waals surface area contributed by atoms with Gasteiger partial charge in [-0.25, -0.2) is 0 Å². The van der Waals surface area contributed by atoms with E-state index in [0.717, 1.165) is 64.0 Å². The van der Waals surface area contributed by atoms with Crippen LogP contribution in [0.4, 0.5) is 13.2 Å². The van der Waals surface area contributed by atoms with Crippen molar-refractivity contribution >= 4 is 6.72 Å². The first-order valence-corrected chi connectivity index (χ1v) is 12.8. The predicted octanol–water partition coefficient (Wildman–Crippen LogP) is 5.45. The number of benzene rings is 1. The average Bonchev–Trinajstić information content (AvgIpc) is 2.78. The van der Waals surface area contributed by atoms with Gasteiger partial charge in [-0.05, 0) is 50.9 Å². The molecule has 0 bridgehead atoms. The minimum Gasteiger partial charge on any atom is -0.311 e. The SMILES string of the molecule is C=NC(N)(c1ccc(CNCCN(CCNC(C)(C)CCC)CCC(C)(C)CC)cc1)C(F)(F)F. The van der Waals surface area contributed by atoms with Crippen LogP contribution in [0.25, 0.3) is 0 Å². The molecule has 0 aliphatic rings. The molecule has 0 radical (unpaired) electrons. The number of aliphatic imine (C=N–C) groups is 1. The molecule has 0 saturated heterocycles. The van der Waals surface area contributed by atoms with Crippen LogP contribution in [0.5, 0.6) is 0 Å². The molecular formula is C27H48F3N5. The van der Waals surface area contributed by atoms with Gasteiger partial charge in [0.05, 0.1) is 0 Å². The van der Waals surface area contributed by atoms with Gasteiger partial charge in [0.15, 0.2) is 0 Å². The minimum atomic E-state index is -4.70. The van der Waals surface area contributed by atoms with E-state index in [-0.39, 0.29) is 11.1 Å². The topological polar surface area (TPSA) is 65.7 Å². The number of nitrogens with zero attached hydrogens (tertiary/aromatic N) is 2. The lowest BCUT2D eigenvalue weighted by Gasteiger charge is -2.31. The van der Waals surface area contributed by atoms with Crippen LogP contribution in [0.15, 0.2) is 29.3 Å². The minimum absolute atomic E-state index is 0.119. The number of nitrogens with two attached hydrogens (primary N) is 1. The Labute approximate surface area is 211 Å². The molecule has 5 nitrogen and oxygen atoms in total. The van der Waals surface area contributed by atoms with Crippen LogP contribution < -0.4 is 16.4 Å². The van der Waals surface area contributed by atoms with Crippen molar-refractivity contribution < 1.29 is 13.2 Å². The van der Waals surface area contributed by atoms with Gasteiger partial charge in [0.1, 0.15) is 0 Å². The fourth-order valence-corrected chi connectivity index (χ4v) is 3.93. The summed E-state index contributed by atoms with van der Waals surface area (Å²) in [6.07, 6.45) is -0.110. The second-order valence-electron chi connectivity index (χ2n) is 11.0. The summed E-state index contributed by atoms with van der Waals surface area (Å²) in [6.45, 7) is 21.9. The van der Waals surface area contributed by atoms with E-state index in [1.54, 1.807) is 12.1 Å². The summed E-state index contributed by atoms with van der Waals surface area (Å²) in [5.41, 5.74) is 3.92. The Morgan fingerprint density at radius 2 is 1.54 bits per heavy atom. The normalized spacial score (nSPS) is 14.8. The molecule has 0 aliphatic carbocycles. The molecule has 0 aliphatic heterocycles. The van der Waals surface area contributed by atoms with Crippen molar-refractivity contribution in [2.45, 2.75) is 91.1 Å². The van der Waals surface area contributed by atoms with Gasteiger partial charge >= 0.3 is 6.18 Å². The van der Waals surface area contributed by atoms with Crippen molar-refractivity contribution in [2.75, 3.05) is 32.7 Å². The Balaban J connectivity index is 2.63. The van der Waals surface area contributed by atoms with E-state index in [4.69, 9.17) is 5.73 Å². The summed E-state index contributed by atoms with van der Waals surface area (Å²) in [7, 11) is 0. The van der Waals surface area contributed by atoms with E-state index in [0.29, 0.717) is 12.0 Å². The third-order valence-corrected chi connectivity index (χ3v) is 6.98. The number of hydrogen-bond acceptors (Lipinski definition) is 5. The van der Waals surface area contributed by atoms with Gasteiger partial charge in [-0.3, -0.25) is 10.7 Å². The maximum absolute atomic E-state index is 13.3. The third kappa shape index (κ3) is 10.6. The Morgan fingerprint density at radius 3 is 2.06 bits per heavy atom. The Bertz CT molecular complexity index is 746. The first-order valence-electron chi connectivity index (χ1n) is 12.8. The molecule has 202 valence electrons. The average molecular weight is 500 g/mol. The molecule has 0 heterocycles. The van der Waals surface area contributed by atoms with Gasteiger partial charge in [0.25, 0.3) is 0 Å².